The maximum Gasteiger partial charge on any atom is 0.422 e. The van der Waals surface area contributed by atoms with Gasteiger partial charge in [-0.25, -0.2) is 4.79 Å². The second-order valence-electron chi connectivity index (χ2n) is 12.3. The average molecular weight is 712 g/mol. The number of rotatable bonds is 13. The van der Waals surface area contributed by atoms with Gasteiger partial charge in [-0.3, -0.25) is 9.59 Å². The van der Waals surface area contributed by atoms with Crippen LogP contribution in [-0.2, 0) is 15.1 Å². The minimum absolute atomic E-state index is 0.00927. The fourth-order valence-corrected chi connectivity index (χ4v) is 4.75. The number of benzene rings is 3. The molecule has 1 aliphatic carbocycles. The summed E-state index contributed by atoms with van der Waals surface area (Å²) in [6.07, 6.45) is -3.13. The third kappa shape index (κ3) is 10.3. The number of alkyl halides is 3. The number of carbonyl (C=O) groups excluding carboxylic acids is 3. The lowest BCUT2D eigenvalue weighted by atomic mass is 9.93. The third-order valence-corrected chi connectivity index (χ3v) is 7.73. The molecule has 4 aromatic rings. The summed E-state index contributed by atoms with van der Waals surface area (Å²) in [5, 5.41) is 12.0. The van der Waals surface area contributed by atoms with E-state index in [0.717, 1.165) is 18.4 Å². The number of nitrogens with one attached hydrogen (secondary N) is 4. The number of nitrogens with zero attached hydrogens (tertiary/aromatic N) is 3. The van der Waals surface area contributed by atoms with E-state index in [4.69, 9.17) is 21.1 Å². The summed E-state index contributed by atoms with van der Waals surface area (Å²) in [4.78, 5) is 49.5. The molecule has 2 amide bonds. The number of amides is 2. The van der Waals surface area contributed by atoms with E-state index >= 15 is 0 Å². The third-order valence-electron chi connectivity index (χ3n) is 7.48. The summed E-state index contributed by atoms with van der Waals surface area (Å²) < 4.78 is 48.6. The van der Waals surface area contributed by atoms with Crippen molar-refractivity contribution in [2.45, 2.75) is 38.4 Å². The number of anilines is 3. The van der Waals surface area contributed by atoms with E-state index in [2.05, 4.69) is 36.2 Å². The molecular weight excluding hydrogens is 679 g/mol. The van der Waals surface area contributed by atoms with Gasteiger partial charge in [-0.05, 0) is 72.4 Å². The number of ether oxygens (including phenoxy) is 2. The fraction of sp³-hybridized carbons (Fsp3) is 0.294. The van der Waals surface area contributed by atoms with E-state index in [-0.39, 0.29) is 30.7 Å². The van der Waals surface area contributed by atoms with Crippen LogP contribution in [0.15, 0.2) is 78.9 Å². The molecule has 3 aromatic carbocycles. The second-order valence-corrected chi connectivity index (χ2v) is 12.8. The van der Waals surface area contributed by atoms with Crippen molar-refractivity contribution in [1.29, 1.82) is 0 Å². The molecule has 1 aliphatic rings. The highest BCUT2D eigenvalue weighted by Gasteiger charge is 2.45. The molecule has 0 aliphatic heterocycles. The summed E-state index contributed by atoms with van der Waals surface area (Å²) in [6.45, 7) is 2.25. The Balaban J connectivity index is 1.18. The van der Waals surface area contributed by atoms with Crippen molar-refractivity contribution in [3.8, 4) is 11.8 Å². The predicted molar refractivity (Wildman–Crippen MR) is 178 cm³/mol. The van der Waals surface area contributed by atoms with Crippen LogP contribution in [0.3, 0.4) is 0 Å². The predicted octanol–water partition coefficient (Wildman–Crippen LogP) is 5.79. The van der Waals surface area contributed by atoms with Crippen molar-refractivity contribution in [3.63, 3.8) is 0 Å². The van der Waals surface area contributed by atoms with Crippen LogP contribution in [-0.4, -0.2) is 58.6 Å². The van der Waals surface area contributed by atoms with E-state index in [1.807, 2.05) is 12.1 Å². The molecule has 1 saturated carbocycles. The summed E-state index contributed by atoms with van der Waals surface area (Å²) in [6, 6.07) is 21.1. The van der Waals surface area contributed by atoms with Crippen molar-refractivity contribution in [2.75, 3.05) is 30.3 Å². The van der Waals surface area contributed by atoms with Gasteiger partial charge in [-0.2, -0.15) is 28.1 Å². The minimum atomic E-state index is -4.61. The molecule has 1 aromatic heterocycles. The molecule has 0 saturated heterocycles. The van der Waals surface area contributed by atoms with Crippen LogP contribution in [0.2, 0.25) is 5.02 Å². The molecule has 262 valence electrons. The van der Waals surface area contributed by atoms with E-state index < -0.39 is 47.5 Å². The molecule has 12 nitrogen and oxygen atoms in total. The van der Waals surface area contributed by atoms with Crippen molar-refractivity contribution >= 4 is 47.0 Å². The number of hydrogen-bond acceptors (Lipinski definition) is 10. The standard InChI is InChI=1S/C34H33ClF3N7O5/c1-32(2,19-40-27(47)28(48)50-25-6-4-3-5-7-25)18-39-26(46)21-8-14-24(15-9-21)41-29-42-30(44-31(43-29)49-20-34(36,37)38)45-33(16-17-33)22-10-12-23(35)13-11-22/h3-15H,16-20H2,1-2H3,(H,39,46)(H,40,47)(H2,41,42,43,44,45). The molecule has 0 unspecified atom stereocenters. The molecule has 1 fully saturated rings. The van der Waals surface area contributed by atoms with Crippen molar-refractivity contribution in [1.82, 2.24) is 25.6 Å². The molecule has 16 heteroatoms. The highest BCUT2D eigenvalue weighted by molar-refractivity contribution is 6.33. The van der Waals surface area contributed by atoms with Crippen LogP contribution in [0.1, 0.15) is 42.6 Å². The van der Waals surface area contributed by atoms with E-state index in [1.165, 1.54) is 12.1 Å². The maximum atomic E-state index is 12.9. The smallest absolute Gasteiger partial charge is 0.422 e. The lowest BCUT2D eigenvalue weighted by Crippen LogP contribution is -2.44. The number of hydrogen-bond donors (Lipinski definition) is 4. The number of carbonyl (C=O) groups is 3. The second kappa shape index (κ2) is 15.0. The zero-order valence-electron chi connectivity index (χ0n) is 26.9. The SMILES string of the molecule is CC(C)(CNC(=O)C(=O)Oc1ccccc1)CNC(=O)c1ccc(Nc2nc(NC3(c4ccc(Cl)cc4)CC3)nc(OCC(F)(F)F)n2)cc1. The summed E-state index contributed by atoms with van der Waals surface area (Å²) in [5.74, 6) is -2.19. The van der Waals surface area contributed by atoms with Gasteiger partial charge in [-0.1, -0.05) is 55.8 Å². The Morgan fingerprint density at radius 2 is 1.48 bits per heavy atom. The van der Waals surface area contributed by atoms with Crippen LogP contribution >= 0.6 is 11.6 Å². The van der Waals surface area contributed by atoms with Gasteiger partial charge in [0.15, 0.2) is 6.61 Å². The van der Waals surface area contributed by atoms with Crippen molar-refractivity contribution < 1.29 is 37.0 Å². The van der Waals surface area contributed by atoms with Gasteiger partial charge in [-0.15, -0.1) is 0 Å². The zero-order chi connectivity index (χ0) is 35.9. The molecule has 4 N–H and O–H groups in total. The van der Waals surface area contributed by atoms with Gasteiger partial charge in [0.05, 0.1) is 5.54 Å². The summed E-state index contributed by atoms with van der Waals surface area (Å²) in [5.41, 5.74) is 0.522. The Bertz CT molecular complexity index is 1820. The van der Waals surface area contributed by atoms with Gasteiger partial charge in [0, 0.05) is 29.4 Å². The Morgan fingerprint density at radius 1 is 0.840 bits per heavy atom. The maximum absolute atomic E-state index is 12.9. The number of aromatic nitrogens is 3. The molecule has 0 radical (unpaired) electrons. The Morgan fingerprint density at radius 3 is 2.12 bits per heavy atom. The first-order valence-corrected chi connectivity index (χ1v) is 15.8. The molecule has 0 bridgehead atoms. The first kappa shape index (κ1) is 35.9. The van der Waals surface area contributed by atoms with Crippen LogP contribution < -0.4 is 30.7 Å². The van der Waals surface area contributed by atoms with Gasteiger partial charge >= 0.3 is 24.1 Å². The number of esters is 1. The van der Waals surface area contributed by atoms with Gasteiger partial charge in [0.1, 0.15) is 5.75 Å². The summed E-state index contributed by atoms with van der Waals surface area (Å²) in [7, 11) is 0. The molecule has 5 rings (SSSR count). The highest BCUT2D eigenvalue weighted by Crippen LogP contribution is 2.48. The Kier molecular flexibility index (Phi) is 10.7. The summed E-state index contributed by atoms with van der Waals surface area (Å²) >= 11 is 6.02. The quantitative estimate of drug-likeness (QED) is 0.0761. The number of halogens is 4. The Labute approximate surface area is 290 Å². The van der Waals surface area contributed by atoms with Gasteiger partial charge in [0.25, 0.3) is 5.91 Å². The van der Waals surface area contributed by atoms with E-state index in [0.29, 0.717) is 16.3 Å². The highest BCUT2D eigenvalue weighted by atomic mass is 35.5. The van der Waals surface area contributed by atoms with Crippen molar-refractivity contribution in [2.24, 2.45) is 5.41 Å². The average Bonchev–Trinajstić information content (AvgIpc) is 3.86. The lowest BCUT2D eigenvalue weighted by molar-refractivity contribution is -0.154. The van der Waals surface area contributed by atoms with Crippen LogP contribution in [0, 0.1) is 5.41 Å². The number of para-hydroxylation sites is 1. The molecule has 50 heavy (non-hydrogen) atoms. The molecule has 1 heterocycles. The normalized spacial score (nSPS) is 13.5. The van der Waals surface area contributed by atoms with Crippen LogP contribution in [0.5, 0.6) is 11.8 Å². The van der Waals surface area contributed by atoms with Crippen molar-refractivity contribution in [3.05, 3.63) is 95.0 Å². The molecule has 0 atom stereocenters. The van der Waals surface area contributed by atoms with E-state index in [9.17, 15) is 27.6 Å². The Hall–Kier alpha value is -5.44. The minimum Gasteiger partial charge on any atom is -0.454 e. The van der Waals surface area contributed by atoms with Crippen LogP contribution in [0.4, 0.5) is 30.8 Å². The fourth-order valence-electron chi connectivity index (χ4n) is 4.62. The first-order chi connectivity index (χ1) is 23.7. The van der Waals surface area contributed by atoms with Gasteiger partial charge in [0.2, 0.25) is 11.9 Å². The molecule has 0 spiro atoms. The molecular formula is C34H33ClF3N7O5. The zero-order valence-corrected chi connectivity index (χ0v) is 27.7. The lowest BCUT2D eigenvalue weighted by Gasteiger charge is -2.25. The first-order valence-electron chi connectivity index (χ1n) is 15.4. The van der Waals surface area contributed by atoms with Crippen LogP contribution in [0.25, 0.3) is 0 Å². The monoisotopic (exact) mass is 711 g/mol. The van der Waals surface area contributed by atoms with E-state index in [1.54, 1.807) is 68.4 Å². The largest absolute Gasteiger partial charge is 0.454 e. The topological polar surface area (TPSA) is 156 Å². The van der Waals surface area contributed by atoms with Gasteiger partial charge < -0.3 is 30.7 Å².